The van der Waals surface area contributed by atoms with E-state index in [0.717, 1.165) is 11.2 Å². The van der Waals surface area contributed by atoms with Gasteiger partial charge in [-0.05, 0) is 48.9 Å². The molecule has 0 aromatic heterocycles. The van der Waals surface area contributed by atoms with Gasteiger partial charge in [-0.2, -0.15) is 0 Å². The van der Waals surface area contributed by atoms with E-state index in [2.05, 4.69) is 10.6 Å². The Morgan fingerprint density at radius 3 is 2.37 bits per heavy atom. The number of anilines is 2. The monoisotopic (exact) mass is 519 g/mol. The second-order valence-electron chi connectivity index (χ2n) is 7.97. The third-order valence-electron chi connectivity index (χ3n) is 5.54. The van der Waals surface area contributed by atoms with Gasteiger partial charge in [0.1, 0.15) is 6.04 Å². The smallest absolute Gasteiger partial charge is 0.319 e. The first kappa shape index (κ1) is 24.6. The van der Waals surface area contributed by atoms with E-state index >= 15 is 8.78 Å². The van der Waals surface area contributed by atoms with Crippen LogP contribution in [0.15, 0.2) is 65.6 Å². The average molecular weight is 520 g/mol. The zero-order valence-electron chi connectivity index (χ0n) is 18.4. The van der Waals surface area contributed by atoms with Crippen molar-refractivity contribution in [2.24, 2.45) is 0 Å². The molecule has 7 nitrogen and oxygen atoms in total. The number of hydrogen-bond donors (Lipinski definition) is 2. The molecule has 182 valence electrons. The molecule has 3 aromatic carbocycles. The number of urea groups is 1. The average Bonchev–Trinajstić information content (AvgIpc) is 3.16. The lowest BCUT2D eigenvalue weighted by Gasteiger charge is -2.19. The predicted molar refractivity (Wildman–Crippen MR) is 129 cm³/mol. The molecule has 1 heterocycles. The summed E-state index contributed by atoms with van der Waals surface area (Å²) in [5, 5.41) is 5.60. The summed E-state index contributed by atoms with van der Waals surface area (Å²) < 4.78 is 54.3. The van der Waals surface area contributed by atoms with Crippen LogP contribution in [0.1, 0.15) is 6.42 Å². The van der Waals surface area contributed by atoms with Gasteiger partial charge in [-0.3, -0.25) is 4.79 Å². The molecule has 1 fully saturated rings. The molecular weight excluding hydrogens is 500 g/mol. The minimum atomic E-state index is -3.70. The standard InChI is InChI=1S/C24H20ClF2N3O4S/c1-35(33,34)20-5-3-2-4-16(20)17-10-11-19(22(27)21(17)26)30-13-12-18(23(30)31)29-24(32)28-15-8-6-14(25)7-9-15/h2-11,18H,12-13H2,1H3,(H2,28,29,32). The molecule has 3 aromatic rings. The highest BCUT2D eigenvalue weighted by atomic mass is 35.5. The molecule has 1 aliphatic heterocycles. The number of rotatable bonds is 5. The number of carbonyl (C=O) groups excluding carboxylic acids is 2. The van der Waals surface area contributed by atoms with E-state index in [9.17, 15) is 18.0 Å². The van der Waals surface area contributed by atoms with Crippen molar-refractivity contribution in [1.82, 2.24) is 5.32 Å². The number of nitrogens with one attached hydrogen (secondary N) is 2. The Bertz CT molecular complexity index is 1410. The minimum Gasteiger partial charge on any atom is -0.326 e. The summed E-state index contributed by atoms with van der Waals surface area (Å²) in [5.41, 5.74) is -0.0529. The molecule has 1 unspecified atom stereocenters. The Hall–Kier alpha value is -3.50. The Kier molecular flexibility index (Phi) is 6.77. The Morgan fingerprint density at radius 1 is 1.00 bits per heavy atom. The van der Waals surface area contributed by atoms with Crippen LogP contribution < -0.4 is 15.5 Å². The second-order valence-corrected chi connectivity index (χ2v) is 10.4. The van der Waals surface area contributed by atoms with Gasteiger partial charge >= 0.3 is 6.03 Å². The molecule has 1 saturated heterocycles. The number of halogens is 3. The molecule has 4 rings (SSSR count). The Labute approximate surface area is 205 Å². The van der Waals surface area contributed by atoms with Crippen molar-refractivity contribution in [3.8, 4) is 11.1 Å². The van der Waals surface area contributed by atoms with Crippen molar-refractivity contribution in [2.75, 3.05) is 23.0 Å². The SMILES string of the molecule is CS(=O)(=O)c1ccccc1-c1ccc(N2CCC(NC(=O)Nc3ccc(Cl)cc3)C2=O)c(F)c1F. The summed E-state index contributed by atoms with van der Waals surface area (Å²) in [6.45, 7) is 0.0559. The van der Waals surface area contributed by atoms with E-state index in [1.165, 1.54) is 36.4 Å². The maximum Gasteiger partial charge on any atom is 0.319 e. The number of carbonyl (C=O) groups is 2. The lowest BCUT2D eigenvalue weighted by atomic mass is 10.0. The fourth-order valence-electron chi connectivity index (χ4n) is 3.88. The predicted octanol–water partition coefficient (Wildman–Crippen LogP) is 4.62. The maximum atomic E-state index is 15.1. The van der Waals surface area contributed by atoms with Crippen LogP contribution in [0.4, 0.5) is 25.0 Å². The zero-order valence-corrected chi connectivity index (χ0v) is 20.0. The molecule has 1 aliphatic rings. The third kappa shape index (κ3) is 5.13. The summed E-state index contributed by atoms with van der Waals surface area (Å²) in [5.74, 6) is -3.16. The highest BCUT2D eigenvalue weighted by molar-refractivity contribution is 7.90. The fraction of sp³-hybridized carbons (Fsp3) is 0.167. The molecule has 11 heteroatoms. The molecule has 35 heavy (non-hydrogen) atoms. The van der Waals surface area contributed by atoms with Crippen LogP contribution in [-0.2, 0) is 14.6 Å². The molecule has 0 spiro atoms. The number of sulfone groups is 1. The molecule has 0 bridgehead atoms. The van der Waals surface area contributed by atoms with E-state index in [0.29, 0.717) is 10.7 Å². The first-order valence-electron chi connectivity index (χ1n) is 10.5. The summed E-state index contributed by atoms with van der Waals surface area (Å²) in [4.78, 5) is 26.0. The Balaban J connectivity index is 1.54. The van der Waals surface area contributed by atoms with Gasteiger partial charge in [-0.15, -0.1) is 0 Å². The van der Waals surface area contributed by atoms with Gasteiger partial charge < -0.3 is 15.5 Å². The molecule has 0 radical (unpaired) electrons. The van der Waals surface area contributed by atoms with Gasteiger partial charge in [-0.25, -0.2) is 22.0 Å². The number of nitrogens with zero attached hydrogens (tertiary/aromatic N) is 1. The van der Waals surface area contributed by atoms with Gasteiger partial charge in [0.05, 0.1) is 10.6 Å². The summed E-state index contributed by atoms with van der Waals surface area (Å²) in [6.07, 6.45) is 1.17. The molecule has 0 saturated carbocycles. The van der Waals surface area contributed by atoms with Crippen molar-refractivity contribution in [3.63, 3.8) is 0 Å². The lowest BCUT2D eigenvalue weighted by Crippen LogP contribution is -2.43. The van der Waals surface area contributed by atoms with E-state index in [1.54, 1.807) is 24.3 Å². The van der Waals surface area contributed by atoms with Crippen LogP contribution in [0.3, 0.4) is 0 Å². The van der Waals surface area contributed by atoms with Gasteiger partial charge in [0.25, 0.3) is 0 Å². The highest BCUT2D eigenvalue weighted by Gasteiger charge is 2.36. The van der Waals surface area contributed by atoms with Crippen LogP contribution in [0.5, 0.6) is 0 Å². The summed E-state index contributed by atoms with van der Waals surface area (Å²) in [6, 6.07) is 13.0. The largest absolute Gasteiger partial charge is 0.326 e. The van der Waals surface area contributed by atoms with Crippen molar-refractivity contribution in [3.05, 3.63) is 77.3 Å². The minimum absolute atomic E-state index is 0.0177. The van der Waals surface area contributed by atoms with Crippen LogP contribution in [0.25, 0.3) is 11.1 Å². The van der Waals surface area contributed by atoms with Gasteiger partial charge in [0, 0.05) is 34.6 Å². The first-order valence-corrected chi connectivity index (χ1v) is 12.7. The van der Waals surface area contributed by atoms with Crippen LogP contribution >= 0.6 is 11.6 Å². The van der Waals surface area contributed by atoms with Gasteiger partial charge in [-0.1, -0.05) is 29.8 Å². The maximum absolute atomic E-state index is 15.1. The highest BCUT2D eigenvalue weighted by Crippen LogP contribution is 2.35. The van der Waals surface area contributed by atoms with Gasteiger partial charge in [0.2, 0.25) is 5.91 Å². The van der Waals surface area contributed by atoms with Gasteiger partial charge in [0.15, 0.2) is 21.5 Å². The van der Waals surface area contributed by atoms with Crippen LogP contribution in [-0.4, -0.2) is 39.2 Å². The first-order chi connectivity index (χ1) is 16.6. The topological polar surface area (TPSA) is 95.6 Å². The van der Waals surface area contributed by atoms with E-state index in [-0.39, 0.29) is 34.7 Å². The van der Waals surface area contributed by atoms with E-state index < -0.39 is 39.5 Å². The van der Waals surface area contributed by atoms with Crippen LogP contribution in [0, 0.1) is 11.6 Å². The Morgan fingerprint density at radius 2 is 1.69 bits per heavy atom. The summed E-state index contributed by atoms with van der Waals surface area (Å²) in [7, 11) is -3.70. The van der Waals surface area contributed by atoms with Crippen LogP contribution in [0.2, 0.25) is 5.02 Å². The van der Waals surface area contributed by atoms with E-state index in [4.69, 9.17) is 11.6 Å². The molecule has 1 atom stereocenters. The third-order valence-corrected chi connectivity index (χ3v) is 6.95. The summed E-state index contributed by atoms with van der Waals surface area (Å²) >= 11 is 5.81. The van der Waals surface area contributed by atoms with Crippen molar-refractivity contribution < 1.29 is 26.8 Å². The second kappa shape index (κ2) is 9.63. The normalized spacial score (nSPS) is 15.8. The number of amides is 3. The fourth-order valence-corrected chi connectivity index (χ4v) is 4.91. The molecule has 2 N–H and O–H groups in total. The van der Waals surface area contributed by atoms with Crippen molar-refractivity contribution in [2.45, 2.75) is 17.4 Å². The quantitative estimate of drug-likeness (QED) is 0.514. The van der Waals surface area contributed by atoms with E-state index in [1.807, 2.05) is 0 Å². The molecule has 3 amide bonds. The number of hydrogen-bond acceptors (Lipinski definition) is 4. The van der Waals surface area contributed by atoms with Crippen molar-refractivity contribution in [1.29, 1.82) is 0 Å². The molecule has 0 aliphatic carbocycles. The lowest BCUT2D eigenvalue weighted by molar-refractivity contribution is -0.118. The molecular formula is C24H20ClF2N3O4S. The van der Waals surface area contributed by atoms with Crippen molar-refractivity contribution >= 4 is 44.8 Å². The number of benzene rings is 3. The zero-order chi connectivity index (χ0) is 25.3.